The molecule has 0 aliphatic rings. The molecule has 0 unspecified atom stereocenters. The van der Waals surface area contributed by atoms with Crippen LogP contribution >= 0.6 is 0 Å². The molecule has 0 heterocycles. The molecule has 1 nitrogen and oxygen atoms in total. The van der Waals surface area contributed by atoms with E-state index in [-0.39, 0.29) is 18.9 Å². The molecule has 0 aromatic rings. The molecular weight excluding hydrogens is 57.0 g/mol. The molecule has 1 radical (unpaired) electrons. The van der Waals surface area contributed by atoms with Gasteiger partial charge in [-0.05, 0) is 13.0 Å². The van der Waals surface area contributed by atoms with Crippen LogP contribution in [0.3, 0.4) is 0 Å². The normalized spacial score (nSPS) is 6.00. The second-order valence-electron chi connectivity index (χ2n) is 0.642. The first-order valence-corrected chi connectivity index (χ1v) is 1.41. The molecule has 0 aliphatic heterocycles. The van der Waals surface area contributed by atoms with Gasteiger partial charge in [0, 0.05) is 0 Å². The second kappa shape index (κ2) is 8.82. The van der Waals surface area contributed by atoms with Crippen LogP contribution in [0.2, 0.25) is 0 Å². The monoisotopic (exact) mass is 66.1 g/mol. The van der Waals surface area contributed by atoms with Crippen LogP contribution in [0.4, 0.5) is 0 Å². The Bertz CT molecular complexity index is 8.85. The summed E-state index contributed by atoms with van der Waals surface area (Å²) in [5.74, 6) is 0. The fourth-order valence-electron chi connectivity index (χ4n) is 0. The molecule has 0 aliphatic carbocycles. The Hall–Kier alpha value is 0.557. The Morgan fingerprint density at radius 2 is 1.80 bits per heavy atom. The summed E-state index contributed by atoms with van der Waals surface area (Å²) in [7, 11) is 0. The van der Waals surface area contributed by atoms with E-state index in [9.17, 15) is 0 Å². The van der Waals surface area contributed by atoms with Gasteiger partial charge in [-0.15, -0.1) is 0 Å². The predicted molar refractivity (Wildman–Crippen MR) is 26.2 cm³/mol. The van der Waals surface area contributed by atoms with E-state index < -0.39 is 0 Å². The van der Waals surface area contributed by atoms with Crippen LogP contribution in [-0.2, 0) is 0 Å². The van der Waals surface area contributed by atoms with Crippen LogP contribution in [0.15, 0.2) is 0 Å². The molecule has 5 heavy (non-hydrogen) atoms. The quantitative estimate of drug-likeness (QED) is 0.411. The Balaban J connectivity index is 0. The minimum atomic E-state index is 0. The van der Waals surface area contributed by atoms with Gasteiger partial charge in [-0.25, -0.2) is 0 Å². The van der Waals surface area contributed by atoms with Gasteiger partial charge in [0.25, 0.3) is 0 Å². The van der Waals surface area contributed by atoms with Crippen molar-refractivity contribution in [3.8, 4) is 0 Å². The number of hydrogen-bond donors (Lipinski definition) is 1. The van der Waals surface area contributed by atoms with Gasteiger partial charge in [0.1, 0.15) is 0 Å². The van der Waals surface area contributed by atoms with Crippen LogP contribution in [0.25, 0.3) is 0 Å². The molecule has 0 amide bonds. The maximum atomic E-state index is 4.97. The number of hydrogen-bond acceptors (Lipinski definition) is 1. The van der Waals surface area contributed by atoms with Gasteiger partial charge in [0.05, 0.1) is 0 Å². The molecule has 2 N–H and O–H groups in total. The van der Waals surface area contributed by atoms with E-state index >= 15 is 0 Å². The zero-order valence-electron chi connectivity index (χ0n) is 2.70. The third-order valence-electron chi connectivity index (χ3n) is 0.204. The molecular formula is C3H9LiN. The molecule has 0 rings (SSSR count). The summed E-state index contributed by atoms with van der Waals surface area (Å²) in [6.07, 6.45) is 0.847. The van der Waals surface area contributed by atoms with E-state index in [1.165, 1.54) is 0 Å². The zero-order chi connectivity index (χ0) is 3.41. The summed E-state index contributed by atoms with van der Waals surface area (Å²) < 4.78 is 0. The van der Waals surface area contributed by atoms with E-state index in [0.717, 1.165) is 6.42 Å². The van der Waals surface area contributed by atoms with Crippen molar-refractivity contribution < 1.29 is 0 Å². The molecule has 0 atom stereocenters. The predicted octanol–water partition coefficient (Wildman–Crippen LogP) is -0.479. The third kappa shape index (κ3) is 12.3. The van der Waals surface area contributed by atoms with Gasteiger partial charge >= 0.3 is 18.9 Å². The summed E-state index contributed by atoms with van der Waals surface area (Å²) in [5.41, 5.74) is 4.97. The standard InChI is InChI=1S/C3H8N.Li.H/c1-2-3-4;;/h1-4H2;;. The molecule has 0 saturated carbocycles. The first-order valence-electron chi connectivity index (χ1n) is 1.41. The van der Waals surface area contributed by atoms with Crippen molar-refractivity contribution in [2.75, 3.05) is 6.54 Å². The van der Waals surface area contributed by atoms with Crippen LogP contribution < -0.4 is 5.73 Å². The molecule has 0 aromatic heterocycles. The first kappa shape index (κ1) is 9.12. The molecule has 0 aromatic carbocycles. The molecule has 2 heteroatoms. The van der Waals surface area contributed by atoms with Gasteiger partial charge < -0.3 is 5.73 Å². The Morgan fingerprint density at radius 3 is 1.80 bits per heavy atom. The number of nitrogens with two attached hydrogens (primary N) is 1. The van der Waals surface area contributed by atoms with Crippen molar-refractivity contribution >= 4 is 18.9 Å². The van der Waals surface area contributed by atoms with Gasteiger partial charge in [-0.1, -0.05) is 6.92 Å². The van der Waals surface area contributed by atoms with Crippen molar-refractivity contribution in [2.24, 2.45) is 5.73 Å². The Labute approximate surface area is 45.1 Å². The van der Waals surface area contributed by atoms with Crippen molar-refractivity contribution in [2.45, 2.75) is 6.42 Å². The molecule has 0 fully saturated rings. The molecule has 0 saturated heterocycles. The van der Waals surface area contributed by atoms with Gasteiger partial charge in [-0.2, -0.15) is 0 Å². The minimum absolute atomic E-state index is 0. The summed E-state index contributed by atoms with van der Waals surface area (Å²) in [4.78, 5) is 0. The van der Waals surface area contributed by atoms with E-state index in [1.807, 2.05) is 0 Å². The fourth-order valence-corrected chi connectivity index (χ4v) is 0. The maximum absolute atomic E-state index is 4.97. The topological polar surface area (TPSA) is 26.0 Å². The van der Waals surface area contributed by atoms with E-state index in [2.05, 4.69) is 6.92 Å². The average molecular weight is 66.1 g/mol. The number of rotatable bonds is 1. The van der Waals surface area contributed by atoms with Gasteiger partial charge in [-0.3, -0.25) is 0 Å². The molecule has 0 bridgehead atoms. The van der Waals surface area contributed by atoms with Crippen LogP contribution in [0.5, 0.6) is 0 Å². The second-order valence-corrected chi connectivity index (χ2v) is 0.642. The summed E-state index contributed by atoms with van der Waals surface area (Å²) in [6, 6.07) is 0. The van der Waals surface area contributed by atoms with Crippen molar-refractivity contribution in [1.29, 1.82) is 0 Å². The van der Waals surface area contributed by atoms with Crippen molar-refractivity contribution in [1.82, 2.24) is 0 Å². The SMILES string of the molecule is [CH2]CCN.[LiH]. The van der Waals surface area contributed by atoms with Gasteiger partial charge in [0.15, 0.2) is 0 Å². The Kier molecular flexibility index (Phi) is 16.1. The van der Waals surface area contributed by atoms with Gasteiger partial charge in [0.2, 0.25) is 0 Å². The summed E-state index contributed by atoms with van der Waals surface area (Å²) in [5, 5.41) is 0. The van der Waals surface area contributed by atoms with E-state index in [0.29, 0.717) is 6.54 Å². The third-order valence-corrected chi connectivity index (χ3v) is 0.204. The van der Waals surface area contributed by atoms with E-state index in [1.54, 1.807) is 0 Å². The first-order chi connectivity index (χ1) is 1.91. The fraction of sp³-hybridized carbons (Fsp3) is 0.667. The van der Waals surface area contributed by atoms with E-state index in [4.69, 9.17) is 5.73 Å². The summed E-state index contributed by atoms with van der Waals surface area (Å²) >= 11 is 0. The average Bonchev–Trinajstić information content (AvgIpc) is 1.37. The zero-order valence-corrected chi connectivity index (χ0v) is 2.70. The van der Waals surface area contributed by atoms with Crippen molar-refractivity contribution in [3.63, 3.8) is 0 Å². The van der Waals surface area contributed by atoms with Crippen LogP contribution in [0, 0.1) is 6.92 Å². The van der Waals surface area contributed by atoms with Crippen LogP contribution in [-0.4, -0.2) is 25.4 Å². The van der Waals surface area contributed by atoms with Crippen LogP contribution in [0.1, 0.15) is 6.42 Å². The van der Waals surface area contributed by atoms with Crippen molar-refractivity contribution in [3.05, 3.63) is 6.92 Å². The molecule has 27 valence electrons. The summed E-state index contributed by atoms with van der Waals surface area (Å²) in [6.45, 7) is 4.19. The Morgan fingerprint density at radius 1 is 1.60 bits per heavy atom. The molecule has 0 spiro atoms.